The van der Waals surface area contributed by atoms with Crippen LogP contribution in [0.3, 0.4) is 0 Å². The van der Waals surface area contributed by atoms with Crippen LogP contribution in [0.2, 0.25) is 0 Å². The number of hydrogen-bond acceptors (Lipinski definition) is 0. The SMILES string of the molecule is CCCC#CCc1ccc(C#Cc2ccc(CCC)c(F)c2)cc1. The summed E-state index contributed by atoms with van der Waals surface area (Å²) in [5.74, 6) is 12.3. The molecule has 0 unspecified atom stereocenters. The molecule has 0 atom stereocenters. The highest BCUT2D eigenvalue weighted by molar-refractivity contribution is 5.44. The lowest BCUT2D eigenvalue weighted by atomic mass is 10.1. The zero-order valence-electron chi connectivity index (χ0n) is 14.5. The third kappa shape index (κ3) is 5.60. The summed E-state index contributed by atoms with van der Waals surface area (Å²) in [5, 5.41) is 0. The highest BCUT2D eigenvalue weighted by atomic mass is 19.1. The first-order chi connectivity index (χ1) is 11.7. The van der Waals surface area contributed by atoms with Crippen LogP contribution >= 0.6 is 0 Å². The molecule has 2 aromatic carbocycles. The zero-order valence-corrected chi connectivity index (χ0v) is 14.5. The van der Waals surface area contributed by atoms with E-state index in [2.05, 4.69) is 42.7 Å². The van der Waals surface area contributed by atoms with Gasteiger partial charge in [0.05, 0.1) is 0 Å². The van der Waals surface area contributed by atoms with Crippen LogP contribution in [0.4, 0.5) is 4.39 Å². The van der Waals surface area contributed by atoms with Crippen molar-refractivity contribution in [1.82, 2.24) is 0 Å². The largest absolute Gasteiger partial charge is 0.207 e. The van der Waals surface area contributed by atoms with Crippen molar-refractivity contribution < 1.29 is 4.39 Å². The van der Waals surface area contributed by atoms with Gasteiger partial charge in [0, 0.05) is 24.0 Å². The minimum atomic E-state index is -0.162. The van der Waals surface area contributed by atoms with Crippen molar-refractivity contribution in [1.29, 1.82) is 0 Å². The van der Waals surface area contributed by atoms with Gasteiger partial charge in [0.2, 0.25) is 0 Å². The van der Waals surface area contributed by atoms with Crippen LogP contribution in [0.1, 0.15) is 55.4 Å². The summed E-state index contributed by atoms with van der Waals surface area (Å²) in [6, 6.07) is 13.3. The first-order valence-electron chi connectivity index (χ1n) is 8.58. The van der Waals surface area contributed by atoms with Crippen molar-refractivity contribution >= 4 is 0 Å². The molecule has 122 valence electrons. The summed E-state index contributed by atoms with van der Waals surface area (Å²) >= 11 is 0. The second-order valence-electron chi connectivity index (χ2n) is 5.78. The summed E-state index contributed by atoms with van der Waals surface area (Å²) in [4.78, 5) is 0. The molecule has 0 heterocycles. The molecule has 0 amide bonds. The molecule has 0 aliphatic rings. The van der Waals surface area contributed by atoms with E-state index < -0.39 is 0 Å². The Kier molecular flexibility index (Phi) is 7.13. The van der Waals surface area contributed by atoms with E-state index in [-0.39, 0.29) is 5.82 Å². The molecule has 0 aromatic heterocycles. The number of halogens is 1. The number of rotatable bonds is 4. The summed E-state index contributed by atoms with van der Waals surface area (Å²) in [5.41, 5.74) is 3.59. The van der Waals surface area contributed by atoms with Gasteiger partial charge in [0.25, 0.3) is 0 Å². The Balaban J connectivity index is 2.03. The predicted molar refractivity (Wildman–Crippen MR) is 99.2 cm³/mol. The van der Waals surface area contributed by atoms with E-state index in [1.54, 1.807) is 0 Å². The fourth-order valence-electron chi connectivity index (χ4n) is 2.33. The van der Waals surface area contributed by atoms with Crippen molar-refractivity contribution in [3.63, 3.8) is 0 Å². The van der Waals surface area contributed by atoms with Crippen LogP contribution in [0.25, 0.3) is 0 Å². The van der Waals surface area contributed by atoms with Crippen molar-refractivity contribution in [3.8, 4) is 23.7 Å². The molecular formula is C23H23F. The van der Waals surface area contributed by atoms with Gasteiger partial charge in [-0.2, -0.15) is 0 Å². The molecule has 2 rings (SSSR count). The Labute approximate surface area is 145 Å². The molecular weight excluding hydrogens is 295 g/mol. The average Bonchev–Trinajstić information content (AvgIpc) is 2.60. The maximum absolute atomic E-state index is 13.9. The van der Waals surface area contributed by atoms with Crippen molar-refractivity contribution in [2.24, 2.45) is 0 Å². The minimum absolute atomic E-state index is 0.162. The summed E-state index contributed by atoms with van der Waals surface area (Å²) in [6.07, 6.45) is 4.54. The second kappa shape index (κ2) is 9.59. The standard InChI is InChI=1S/C23H23F/c1-3-5-6-7-9-19-10-12-20(13-11-19)14-15-21-16-17-22(8-4-2)23(24)18-21/h10-13,16-18H,3-5,8-9H2,1-2H3. The Bertz CT molecular complexity index is 777. The summed E-state index contributed by atoms with van der Waals surface area (Å²) in [7, 11) is 0. The maximum atomic E-state index is 13.9. The molecule has 0 spiro atoms. The number of unbranched alkanes of at least 4 members (excludes halogenated alkanes) is 1. The van der Waals surface area contributed by atoms with E-state index in [1.165, 1.54) is 11.6 Å². The number of aryl methyl sites for hydroxylation is 1. The van der Waals surface area contributed by atoms with Crippen LogP contribution < -0.4 is 0 Å². The van der Waals surface area contributed by atoms with Gasteiger partial charge in [-0.3, -0.25) is 0 Å². The zero-order chi connectivity index (χ0) is 17.2. The highest BCUT2D eigenvalue weighted by Crippen LogP contribution is 2.12. The third-order valence-corrected chi connectivity index (χ3v) is 3.67. The highest BCUT2D eigenvalue weighted by Gasteiger charge is 2.01. The third-order valence-electron chi connectivity index (χ3n) is 3.67. The van der Waals surface area contributed by atoms with E-state index in [4.69, 9.17) is 0 Å². The van der Waals surface area contributed by atoms with E-state index in [0.717, 1.165) is 43.2 Å². The lowest BCUT2D eigenvalue weighted by Gasteiger charge is -2.01. The molecule has 2 aromatic rings. The summed E-state index contributed by atoms with van der Waals surface area (Å²) < 4.78 is 13.9. The average molecular weight is 318 g/mol. The fraction of sp³-hybridized carbons (Fsp3) is 0.304. The van der Waals surface area contributed by atoms with E-state index in [1.807, 2.05) is 31.2 Å². The lowest BCUT2D eigenvalue weighted by molar-refractivity contribution is 0.607. The first-order valence-corrected chi connectivity index (χ1v) is 8.58. The molecule has 0 aliphatic carbocycles. The molecule has 0 N–H and O–H groups in total. The summed E-state index contributed by atoms with van der Waals surface area (Å²) in [6.45, 7) is 4.18. The van der Waals surface area contributed by atoms with Gasteiger partial charge >= 0.3 is 0 Å². The van der Waals surface area contributed by atoms with Gasteiger partial charge in [-0.15, -0.1) is 5.92 Å². The Morgan fingerprint density at radius 1 is 0.833 bits per heavy atom. The Hall–Kier alpha value is -2.51. The van der Waals surface area contributed by atoms with Crippen molar-refractivity contribution in [2.45, 2.75) is 46.0 Å². The monoisotopic (exact) mass is 318 g/mol. The van der Waals surface area contributed by atoms with Crippen molar-refractivity contribution in [2.75, 3.05) is 0 Å². The quantitative estimate of drug-likeness (QED) is 0.651. The van der Waals surface area contributed by atoms with Gasteiger partial charge in [-0.05, 0) is 48.2 Å². The maximum Gasteiger partial charge on any atom is 0.127 e. The number of benzene rings is 2. The molecule has 0 saturated heterocycles. The topological polar surface area (TPSA) is 0 Å². The fourth-order valence-corrected chi connectivity index (χ4v) is 2.33. The number of hydrogen-bond donors (Lipinski definition) is 0. The molecule has 0 nitrogen and oxygen atoms in total. The van der Waals surface area contributed by atoms with E-state index >= 15 is 0 Å². The first kappa shape index (κ1) is 17.8. The molecule has 1 heteroatoms. The lowest BCUT2D eigenvalue weighted by Crippen LogP contribution is -1.90. The normalized spacial score (nSPS) is 9.62. The molecule has 0 saturated carbocycles. The van der Waals surface area contributed by atoms with Gasteiger partial charge in [-0.1, -0.05) is 56.2 Å². The van der Waals surface area contributed by atoms with Gasteiger partial charge < -0.3 is 0 Å². The van der Waals surface area contributed by atoms with Crippen LogP contribution in [-0.4, -0.2) is 0 Å². The Morgan fingerprint density at radius 2 is 1.54 bits per heavy atom. The van der Waals surface area contributed by atoms with Gasteiger partial charge in [0.1, 0.15) is 5.82 Å². The van der Waals surface area contributed by atoms with Gasteiger partial charge in [-0.25, -0.2) is 4.39 Å². The van der Waals surface area contributed by atoms with Crippen LogP contribution in [0, 0.1) is 29.5 Å². The van der Waals surface area contributed by atoms with E-state index in [9.17, 15) is 4.39 Å². The smallest absolute Gasteiger partial charge is 0.127 e. The van der Waals surface area contributed by atoms with Gasteiger partial charge in [0.15, 0.2) is 0 Å². The molecule has 0 fully saturated rings. The van der Waals surface area contributed by atoms with E-state index in [0.29, 0.717) is 5.56 Å². The molecule has 0 aliphatic heterocycles. The Morgan fingerprint density at radius 3 is 2.21 bits per heavy atom. The molecule has 0 bridgehead atoms. The van der Waals surface area contributed by atoms with Crippen molar-refractivity contribution in [3.05, 3.63) is 70.5 Å². The van der Waals surface area contributed by atoms with Crippen LogP contribution in [0.5, 0.6) is 0 Å². The van der Waals surface area contributed by atoms with Crippen LogP contribution in [0.15, 0.2) is 42.5 Å². The minimum Gasteiger partial charge on any atom is -0.207 e. The van der Waals surface area contributed by atoms with Crippen LogP contribution in [-0.2, 0) is 12.8 Å². The second-order valence-corrected chi connectivity index (χ2v) is 5.78. The predicted octanol–water partition coefficient (Wildman–Crippen LogP) is 5.52. The molecule has 0 radical (unpaired) electrons. The molecule has 24 heavy (non-hydrogen) atoms.